The zero-order valence-electron chi connectivity index (χ0n) is 19.8. The molecule has 1 saturated heterocycles. The van der Waals surface area contributed by atoms with Gasteiger partial charge in [0.2, 0.25) is 0 Å². The summed E-state index contributed by atoms with van der Waals surface area (Å²) in [6.45, 7) is 6.76. The van der Waals surface area contributed by atoms with E-state index in [4.69, 9.17) is 4.74 Å². The Kier molecular flexibility index (Phi) is 7.65. The van der Waals surface area contributed by atoms with Crippen LogP contribution < -0.4 is 15.8 Å². The van der Waals surface area contributed by atoms with Gasteiger partial charge in [-0.15, -0.1) is 0 Å². The number of nitrogens with zero attached hydrogens (tertiary/aromatic N) is 1. The zero-order chi connectivity index (χ0) is 23.2. The fourth-order valence-electron chi connectivity index (χ4n) is 5.09. The van der Waals surface area contributed by atoms with Crippen LogP contribution in [0.25, 0.3) is 0 Å². The molecule has 2 aliphatic heterocycles. The number of nitrogens with one attached hydrogen (secondary N) is 2. The number of aromatic nitrogens is 1. The van der Waals surface area contributed by atoms with Crippen molar-refractivity contribution in [2.45, 2.75) is 65.0 Å². The van der Waals surface area contributed by atoms with Gasteiger partial charge in [0.25, 0.3) is 11.5 Å². The van der Waals surface area contributed by atoms with Gasteiger partial charge in [-0.3, -0.25) is 9.59 Å². The normalized spacial score (nSPS) is 17.7. The largest absolute Gasteiger partial charge is 0.381 e. The predicted octanol–water partition coefficient (Wildman–Crippen LogP) is 4.05. The molecule has 0 atom stereocenters. The molecule has 0 unspecified atom stereocenters. The number of anilines is 1. The maximum absolute atomic E-state index is 13.3. The van der Waals surface area contributed by atoms with E-state index in [1.165, 1.54) is 0 Å². The van der Waals surface area contributed by atoms with Crippen molar-refractivity contribution in [1.82, 2.24) is 10.3 Å². The van der Waals surface area contributed by atoms with Crippen molar-refractivity contribution in [3.8, 4) is 0 Å². The summed E-state index contributed by atoms with van der Waals surface area (Å²) in [7, 11) is 0. The molecular weight excluding hydrogens is 414 g/mol. The molecular formula is C27H35N3O3. The van der Waals surface area contributed by atoms with E-state index in [-0.39, 0.29) is 18.0 Å². The second-order valence-electron chi connectivity index (χ2n) is 8.97. The highest BCUT2D eigenvalue weighted by molar-refractivity contribution is 5.97. The van der Waals surface area contributed by atoms with Crippen molar-refractivity contribution in [1.29, 1.82) is 0 Å². The molecule has 2 aliphatic rings. The molecule has 176 valence electrons. The number of carbonyl (C=O) groups excluding carboxylic acids is 1. The number of carbonyl (C=O) groups is 1. The summed E-state index contributed by atoms with van der Waals surface area (Å²) in [5.74, 6) is -0.131. The van der Waals surface area contributed by atoms with Crippen LogP contribution in [-0.4, -0.2) is 36.7 Å². The molecule has 3 heterocycles. The third kappa shape index (κ3) is 5.38. The highest BCUT2D eigenvalue weighted by Crippen LogP contribution is 2.30. The lowest BCUT2D eigenvalue weighted by atomic mass is 9.97. The van der Waals surface area contributed by atoms with Gasteiger partial charge >= 0.3 is 0 Å². The maximum Gasteiger partial charge on any atom is 0.253 e. The first-order chi connectivity index (χ1) is 16.1. The molecule has 33 heavy (non-hydrogen) atoms. The van der Waals surface area contributed by atoms with Crippen LogP contribution in [0.15, 0.2) is 41.2 Å². The fraction of sp³-hybridized carbons (Fsp3) is 0.481. The van der Waals surface area contributed by atoms with E-state index >= 15 is 0 Å². The Hall–Kier alpha value is -2.86. The minimum atomic E-state index is -0.131. The van der Waals surface area contributed by atoms with Gasteiger partial charge in [0.05, 0.1) is 0 Å². The Balaban J connectivity index is 1.70. The number of fused-ring (bicyclic) bond motifs is 2. The van der Waals surface area contributed by atoms with Gasteiger partial charge in [-0.1, -0.05) is 18.2 Å². The first kappa shape index (κ1) is 23.3. The molecule has 4 rings (SSSR count). The molecule has 1 aromatic heterocycles. The van der Waals surface area contributed by atoms with Crippen LogP contribution in [-0.2, 0) is 24.1 Å². The molecule has 6 heteroatoms. The first-order valence-corrected chi connectivity index (χ1v) is 12.2. The number of aryl methyl sites for hydroxylation is 2. The Morgan fingerprint density at radius 3 is 2.73 bits per heavy atom. The average molecular weight is 450 g/mol. The summed E-state index contributed by atoms with van der Waals surface area (Å²) < 4.78 is 5.58. The number of allylic oxidation sites excluding steroid dienone is 2. The van der Waals surface area contributed by atoms with Crippen LogP contribution in [0.4, 0.5) is 5.69 Å². The van der Waals surface area contributed by atoms with Crippen molar-refractivity contribution in [2.24, 2.45) is 0 Å². The first-order valence-electron chi connectivity index (χ1n) is 12.2. The molecule has 0 radical (unpaired) electrons. The third-order valence-electron chi connectivity index (χ3n) is 6.77. The quantitative estimate of drug-likeness (QED) is 0.693. The van der Waals surface area contributed by atoms with Gasteiger partial charge in [0.15, 0.2) is 0 Å². The molecule has 2 N–H and O–H groups in total. The Morgan fingerprint density at radius 1 is 1.12 bits per heavy atom. The van der Waals surface area contributed by atoms with Gasteiger partial charge in [-0.2, -0.15) is 0 Å². The lowest BCUT2D eigenvalue weighted by molar-refractivity contribution is 0.0845. The molecule has 1 amide bonds. The van der Waals surface area contributed by atoms with Gasteiger partial charge in [0, 0.05) is 54.9 Å². The van der Waals surface area contributed by atoms with Crippen molar-refractivity contribution in [3.05, 3.63) is 74.7 Å². The van der Waals surface area contributed by atoms with E-state index in [1.807, 2.05) is 25.1 Å². The van der Waals surface area contributed by atoms with Gasteiger partial charge in [-0.05, 0) is 81.7 Å². The number of pyridine rings is 1. The van der Waals surface area contributed by atoms with Crippen molar-refractivity contribution >= 4 is 11.6 Å². The van der Waals surface area contributed by atoms with Crippen molar-refractivity contribution in [2.75, 3.05) is 24.7 Å². The van der Waals surface area contributed by atoms with Crippen LogP contribution in [0.1, 0.15) is 65.3 Å². The van der Waals surface area contributed by atoms with E-state index in [2.05, 4.69) is 40.3 Å². The van der Waals surface area contributed by atoms with Crippen molar-refractivity contribution in [3.63, 3.8) is 0 Å². The molecule has 0 aliphatic carbocycles. The minimum Gasteiger partial charge on any atom is -0.381 e. The monoisotopic (exact) mass is 449 g/mol. The zero-order valence-corrected chi connectivity index (χ0v) is 19.8. The SMILES string of the molecule is CCN(c1cccc2c1CC=CCCCc1cc(C)[nH]c(=O)c1CNC2=O)C1CCOCC1. The summed E-state index contributed by atoms with van der Waals surface area (Å²) >= 11 is 0. The number of benzene rings is 1. The molecule has 2 aromatic rings. The summed E-state index contributed by atoms with van der Waals surface area (Å²) in [5.41, 5.74) is 5.30. The van der Waals surface area contributed by atoms with Crippen molar-refractivity contribution < 1.29 is 9.53 Å². The molecule has 1 aromatic carbocycles. The van der Waals surface area contributed by atoms with E-state index in [0.717, 1.165) is 74.4 Å². The molecule has 0 saturated carbocycles. The molecule has 6 nitrogen and oxygen atoms in total. The smallest absolute Gasteiger partial charge is 0.253 e. The second kappa shape index (κ2) is 10.8. The van der Waals surface area contributed by atoms with Crippen LogP contribution in [0.3, 0.4) is 0 Å². The Labute approximate surface area is 196 Å². The Morgan fingerprint density at radius 2 is 1.94 bits per heavy atom. The van der Waals surface area contributed by atoms with Crippen LogP contribution >= 0.6 is 0 Å². The molecule has 0 spiro atoms. The van der Waals surface area contributed by atoms with Gasteiger partial charge < -0.3 is 19.9 Å². The summed E-state index contributed by atoms with van der Waals surface area (Å²) in [6, 6.07) is 8.47. The average Bonchev–Trinajstić information content (AvgIpc) is 2.83. The number of aromatic amines is 1. The number of hydrogen-bond acceptors (Lipinski definition) is 4. The van der Waals surface area contributed by atoms with Gasteiger partial charge in [-0.25, -0.2) is 0 Å². The van der Waals surface area contributed by atoms with Gasteiger partial charge in [0.1, 0.15) is 0 Å². The third-order valence-corrected chi connectivity index (χ3v) is 6.77. The van der Waals surface area contributed by atoms with E-state index in [9.17, 15) is 9.59 Å². The summed E-state index contributed by atoms with van der Waals surface area (Å²) in [5, 5.41) is 3.04. The summed E-state index contributed by atoms with van der Waals surface area (Å²) in [6.07, 6.45) is 9.85. The predicted molar refractivity (Wildman–Crippen MR) is 132 cm³/mol. The van der Waals surface area contributed by atoms with E-state index < -0.39 is 0 Å². The highest BCUT2D eigenvalue weighted by atomic mass is 16.5. The van der Waals surface area contributed by atoms with Crippen LogP contribution in [0.5, 0.6) is 0 Å². The standard InChI is InChI=1S/C27H35N3O3/c1-3-30(21-13-15-33-16-14-21)25-12-8-11-23-22(25)10-7-5-4-6-9-20-17-19(2)29-27(32)24(20)18-28-26(23)31/h5,7-8,11-12,17,21H,3-4,6,9-10,13-16,18H2,1-2H3,(H,28,31)(H,29,32). The lowest BCUT2D eigenvalue weighted by Crippen LogP contribution is -2.40. The maximum atomic E-state index is 13.3. The number of H-pyrrole nitrogens is 1. The topological polar surface area (TPSA) is 74.4 Å². The number of hydrogen-bond donors (Lipinski definition) is 2. The van der Waals surface area contributed by atoms with E-state index in [1.54, 1.807) is 0 Å². The summed E-state index contributed by atoms with van der Waals surface area (Å²) in [4.78, 5) is 31.3. The van der Waals surface area contributed by atoms with Crippen LogP contribution in [0, 0.1) is 6.92 Å². The Bertz CT molecular complexity index is 1070. The molecule has 1 fully saturated rings. The number of rotatable bonds is 3. The number of amides is 1. The highest BCUT2D eigenvalue weighted by Gasteiger charge is 2.25. The minimum absolute atomic E-state index is 0.110. The van der Waals surface area contributed by atoms with E-state index in [0.29, 0.717) is 23.6 Å². The second-order valence-corrected chi connectivity index (χ2v) is 8.97. The molecule has 0 bridgehead atoms. The van der Waals surface area contributed by atoms with Crippen LogP contribution in [0.2, 0.25) is 0 Å². The fourth-order valence-corrected chi connectivity index (χ4v) is 5.09. The number of ether oxygens (including phenoxy) is 1. The lowest BCUT2D eigenvalue weighted by Gasteiger charge is -2.37.